The molecule has 3 heterocycles. The third-order valence-electron chi connectivity index (χ3n) is 6.02. The largest absolute Gasteiger partial charge is 0.385 e. The Labute approximate surface area is 177 Å². The third-order valence-corrected chi connectivity index (χ3v) is 6.02. The highest BCUT2D eigenvalue weighted by Gasteiger charge is 2.26. The summed E-state index contributed by atoms with van der Waals surface area (Å²) in [4.78, 5) is 18.2. The predicted octanol–water partition coefficient (Wildman–Crippen LogP) is 3.52. The van der Waals surface area contributed by atoms with Crippen LogP contribution in [0.25, 0.3) is 16.8 Å². The van der Waals surface area contributed by atoms with Crippen LogP contribution in [0, 0.1) is 5.41 Å². The van der Waals surface area contributed by atoms with Gasteiger partial charge in [-0.2, -0.15) is 0 Å². The van der Waals surface area contributed by atoms with Gasteiger partial charge < -0.3 is 15.0 Å². The fourth-order valence-electron chi connectivity index (χ4n) is 4.27. The molecule has 2 N–H and O–H groups in total. The standard InChI is InChI=1S/C24H28N4O2/c1-3-17-13-26-14-21-19(17)5-4-6-20(21)24(25)22-15-28(16(2)29)10-7-23(22)27-18-8-11-30-12-9-18/h3-6,13-14,18,25,27H,1,7-12,15H2,2H3. The van der Waals surface area contributed by atoms with Gasteiger partial charge in [0.15, 0.2) is 0 Å². The summed E-state index contributed by atoms with van der Waals surface area (Å²) in [6, 6.07) is 6.31. The minimum absolute atomic E-state index is 0.0407. The first-order valence-corrected chi connectivity index (χ1v) is 10.5. The van der Waals surface area contributed by atoms with Crippen LogP contribution < -0.4 is 5.32 Å². The average Bonchev–Trinajstić information content (AvgIpc) is 2.78. The van der Waals surface area contributed by atoms with Gasteiger partial charge in [-0.05, 0) is 18.2 Å². The molecule has 156 valence electrons. The van der Waals surface area contributed by atoms with E-state index in [1.165, 1.54) is 0 Å². The van der Waals surface area contributed by atoms with E-state index in [-0.39, 0.29) is 5.91 Å². The number of benzene rings is 1. The van der Waals surface area contributed by atoms with Crippen molar-refractivity contribution >= 4 is 28.5 Å². The number of carbonyl (C=O) groups excluding carboxylic acids is 1. The minimum Gasteiger partial charge on any atom is -0.385 e. The Morgan fingerprint density at radius 1 is 1.30 bits per heavy atom. The Bertz CT molecular complexity index is 1020. The van der Waals surface area contributed by atoms with E-state index in [1.807, 2.05) is 29.3 Å². The molecule has 0 unspecified atom stereocenters. The Hall–Kier alpha value is -2.99. The van der Waals surface area contributed by atoms with E-state index in [1.54, 1.807) is 19.2 Å². The number of aromatic nitrogens is 1. The topological polar surface area (TPSA) is 78.3 Å². The monoisotopic (exact) mass is 404 g/mol. The molecule has 0 aliphatic carbocycles. The number of nitrogens with zero attached hydrogens (tertiary/aromatic N) is 2. The van der Waals surface area contributed by atoms with Gasteiger partial charge in [0, 0.05) is 85.9 Å². The maximum Gasteiger partial charge on any atom is 0.219 e. The molecule has 2 aromatic rings. The SMILES string of the molecule is C=Cc1cncc2c(C(=N)C3=C(NC4CCOCC4)CCN(C(C)=O)C3)cccc12. The molecule has 1 saturated heterocycles. The average molecular weight is 405 g/mol. The quantitative estimate of drug-likeness (QED) is 0.748. The van der Waals surface area contributed by atoms with Crippen molar-refractivity contribution in [2.45, 2.75) is 32.2 Å². The van der Waals surface area contributed by atoms with Crippen LogP contribution in [-0.2, 0) is 9.53 Å². The molecule has 2 aliphatic heterocycles. The lowest BCUT2D eigenvalue weighted by Crippen LogP contribution is -2.43. The predicted molar refractivity (Wildman–Crippen MR) is 120 cm³/mol. The van der Waals surface area contributed by atoms with Gasteiger partial charge in [0.05, 0.1) is 5.71 Å². The van der Waals surface area contributed by atoms with Gasteiger partial charge in [-0.1, -0.05) is 30.9 Å². The van der Waals surface area contributed by atoms with Crippen molar-refractivity contribution < 1.29 is 9.53 Å². The zero-order chi connectivity index (χ0) is 21.1. The Morgan fingerprint density at radius 2 is 2.10 bits per heavy atom. The summed E-state index contributed by atoms with van der Waals surface area (Å²) in [5.41, 5.74) is 4.19. The highest BCUT2D eigenvalue weighted by Crippen LogP contribution is 2.27. The second kappa shape index (κ2) is 8.79. The van der Waals surface area contributed by atoms with E-state index < -0.39 is 0 Å². The Kier molecular flexibility index (Phi) is 5.95. The summed E-state index contributed by atoms with van der Waals surface area (Å²) in [7, 11) is 0. The smallest absolute Gasteiger partial charge is 0.219 e. The van der Waals surface area contributed by atoms with Crippen molar-refractivity contribution in [3.63, 3.8) is 0 Å². The molecule has 1 amide bonds. The molecule has 30 heavy (non-hydrogen) atoms. The lowest BCUT2D eigenvalue weighted by molar-refractivity contribution is -0.128. The fourth-order valence-corrected chi connectivity index (χ4v) is 4.27. The van der Waals surface area contributed by atoms with Crippen LogP contribution >= 0.6 is 0 Å². The van der Waals surface area contributed by atoms with Crippen molar-refractivity contribution in [2.24, 2.45) is 0 Å². The van der Waals surface area contributed by atoms with Crippen LogP contribution in [-0.4, -0.2) is 53.8 Å². The third kappa shape index (κ3) is 4.00. The summed E-state index contributed by atoms with van der Waals surface area (Å²) >= 11 is 0. The van der Waals surface area contributed by atoms with Gasteiger partial charge in [0.25, 0.3) is 0 Å². The normalized spacial score (nSPS) is 17.8. The summed E-state index contributed by atoms with van der Waals surface area (Å²) in [5, 5.41) is 14.7. The van der Waals surface area contributed by atoms with Crippen molar-refractivity contribution in [1.82, 2.24) is 15.2 Å². The first-order chi connectivity index (χ1) is 14.6. The maximum absolute atomic E-state index is 12.1. The molecule has 2 aliphatic rings. The summed E-state index contributed by atoms with van der Waals surface area (Å²) in [5.74, 6) is 0.0407. The Morgan fingerprint density at radius 3 is 2.83 bits per heavy atom. The van der Waals surface area contributed by atoms with E-state index in [0.29, 0.717) is 24.8 Å². The molecule has 1 aromatic carbocycles. The molecule has 1 aromatic heterocycles. The summed E-state index contributed by atoms with van der Waals surface area (Å²) in [6.45, 7) is 8.12. The van der Waals surface area contributed by atoms with Gasteiger partial charge in [0.2, 0.25) is 5.91 Å². The molecular weight excluding hydrogens is 376 g/mol. The van der Waals surface area contributed by atoms with Gasteiger partial charge in [-0.25, -0.2) is 0 Å². The molecular formula is C24H28N4O2. The van der Waals surface area contributed by atoms with Crippen LogP contribution in [0.1, 0.15) is 37.3 Å². The minimum atomic E-state index is 0.0407. The first kappa shape index (κ1) is 20.3. The van der Waals surface area contributed by atoms with Crippen LogP contribution in [0.2, 0.25) is 0 Å². The van der Waals surface area contributed by atoms with Crippen molar-refractivity contribution in [1.29, 1.82) is 5.41 Å². The number of amides is 1. The molecule has 4 rings (SSSR count). The molecule has 1 fully saturated rings. The highest BCUT2D eigenvalue weighted by atomic mass is 16.5. The molecule has 6 nitrogen and oxygen atoms in total. The first-order valence-electron chi connectivity index (χ1n) is 10.5. The molecule has 0 atom stereocenters. The number of hydrogen-bond acceptors (Lipinski definition) is 5. The van der Waals surface area contributed by atoms with E-state index in [9.17, 15) is 4.79 Å². The van der Waals surface area contributed by atoms with Gasteiger partial charge in [-0.15, -0.1) is 0 Å². The molecule has 6 heteroatoms. The van der Waals surface area contributed by atoms with Crippen molar-refractivity contribution in [3.8, 4) is 0 Å². The van der Waals surface area contributed by atoms with Crippen molar-refractivity contribution in [2.75, 3.05) is 26.3 Å². The second-order valence-corrected chi connectivity index (χ2v) is 7.89. The Balaban J connectivity index is 1.75. The molecule has 0 spiro atoms. The van der Waals surface area contributed by atoms with E-state index in [2.05, 4.69) is 16.9 Å². The van der Waals surface area contributed by atoms with Crippen LogP contribution in [0.3, 0.4) is 0 Å². The molecule has 0 bridgehead atoms. The van der Waals surface area contributed by atoms with Gasteiger partial charge in [-0.3, -0.25) is 15.2 Å². The van der Waals surface area contributed by atoms with Crippen LogP contribution in [0.4, 0.5) is 0 Å². The zero-order valence-electron chi connectivity index (χ0n) is 17.4. The number of carbonyl (C=O) groups is 1. The number of rotatable bonds is 5. The second-order valence-electron chi connectivity index (χ2n) is 7.89. The fraction of sp³-hybridized carbons (Fsp3) is 0.375. The van der Waals surface area contributed by atoms with Crippen molar-refractivity contribution in [3.05, 3.63) is 59.6 Å². The lowest BCUT2D eigenvalue weighted by Gasteiger charge is -2.34. The summed E-state index contributed by atoms with van der Waals surface area (Å²) in [6.07, 6.45) is 8.04. The number of pyridine rings is 1. The van der Waals surface area contributed by atoms with Crippen LogP contribution in [0.15, 0.2) is 48.4 Å². The van der Waals surface area contributed by atoms with E-state index in [4.69, 9.17) is 10.1 Å². The zero-order valence-corrected chi connectivity index (χ0v) is 17.4. The number of nitrogens with one attached hydrogen (secondary N) is 2. The number of fused-ring (bicyclic) bond motifs is 1. The van der Waals surface area contributed by atoms with Gasteiger partial charge in [0.1, 0.15) is 0 Å². The number of hydrogen-bond donors (Lipinski definition) is 2. The van der Waals surface area contributed by atoms with Gasteiger partial charge >= 0.3 is 0 Å². The van der Waals surface area contributed by atoms with Crippen LogP contribution in [0.5, 0.6) is 0 Å². The molecule has 0 saturated carbocycles. The highest BCUT2D eigenvalue weighted by molar-refractivity contribution is 6.18. The summed E-state index contributed by atoms with van der Waals surface area (Å²) < 4.78 is 5.48. The van der Waals surface area contributed by atoms with E-state index >= 15 is 0 Å². The lowest BCUT2D eigenvalue weighted by atomic mass is 9.92. The maximum atomic E-state index is 12.1. The van der Waals surface area contributed by atoms with E-state index in [0.717, 1.165) is 65.6 Å². The molecule has 0 radical (unpaired) electrons. The number of ether oxygens (including phenoxy) is 1.